The number of hydrogen-bond donors (Lipinski definition) is 1. The Morgan fingerprint density at radius 2 is 2.12 bits per heavy atom. The number of benzene rings is 1. The van der Waals surface area contributed by atoms with Crippen molar-refractivity contribution >= 4 is 11.6 Å². The van der Waals surface area contributed by atoms with Gasteiger partial charge in [0.2, 0.25) is 0 Å². The molecule has 2 fully saturated rings. The molecular weight excluding hydrogens is 230 g/mol. The van der Waals surface area contributed by atoms with Crippen molar-refractivity contribution in [3.05, 3.63) is 34.3 Å². The highest BCUT2D eigenvalue weighted by atomic mass is 35.5. The van der Waals surface area contributed by atoms with Crippen LogP contribution in [0.3, 0.4) is 0 Å². The Morgan fingerprint density at radius 3 is 2.71 bits per heavy atom. The van der Waals surface area contributed by atoms with Gasteiger partial charge in [0, 0.05) is 17.6 Å². The van der Waals surface area contributed by atoms with E-state index in [1.807, 2.05) is 6.07 Å². The van der Waals surface area contributed by atoms with E-state index in [0.717, 1.165) is 17.6 Å². The maximum absolute atomic E-state index is 6.13. The van der Waals surface area contributed by atoms with Gasteiger partial charge >= 0.3 is 0 Å². The van der Waals surface area contributed by atoms with Crippen LogP contribution >= 0.6 is 11.6 Å². The molecule has 17 heavy (non-hydrogen) atoms. The number of nitrogens with one attached hydrogen (secondary N) is 1. The predicted molar refractivity (Wildman–Crippen MR) is 72.5 cm³/mol. The molecule has 0 radical (unpaired) electrons. The van der Waals surface area contributed by atoms with Gasteiger partial charge in [-0.25, -0.2) is 0 Å². The van der Waals surface area contributed by atoms with Gasteiger partial charge < -0.3 is 5.32 Å². The largest absolute Gasteiger partial charge is 0.310 e. The molecule has 2 aliphatic carbocycles. The molecule has 2 aliphatic rings. The SMILES string of the molecule is CCC1(c2ccc(Cl)cc2CNC2CC2)CC1. The van der Waals surface area contributed by atoms with Gasteiger partial charge in [-0.3, -0.25) is 0 Å². The molecule has 1 nitrogen and oxygen atoms in total. The summed E-state index contributed by atoms with van der Waals surface area (Å²) >= 11 is 6.13. The van der Waals surface area contributed by atoms with Gasteiger partial charge in [-0.05, 0) is 60.8 Å². The molecule has 0 heterocycles. The van der Waals surface area contributed by atoms with E-state index in [1.54, 1.807) is 0 Å². The smallest absolute Gasteiger partial charge is 0.0409 e. The van der Waals surface area contributed by atoms with Crippen molar-refractivity contribution in [1.82, 2.24) is 5.32 Å². The van der Waals surface area contributed by atoms with E-state index in [4.69, 9.17) is 11.6 Å². The van der Waals surface area contributed by atoms with Crippen molar-refractivity contribution < 1.29 is 0 Å². The van der Waals surface area contributed by atoms with Gasteiger partial charge in [-0.15, -0.1) is 0 Å². The lowest BCUT2D eigenvalue weighted by molar-refractivity contribution is 0.630. The number of hydrogen-bond acceptors (Lipinski definition) is 1. The minimum atomic E-state index is 0.477. The zero-order valence-electron chi connectivity index (χ0n) is 10.4. The van der Waals surface area contributed by atoms with Crippen LogP contribution in [-0.2, 0) is 12.0 Å². The van der Waals surface area contributed by atoms with Crippen LogP contribution < -0.4 is 5.32 Å². The Hall–Kier alpha value is -0.530. The van der Waals surface area contributed by atoms with E-state index in [0.29, 0.717) is 5.41 Å². The Morgan fingerprint density at radius 1 is 1.35 bits per heavy atom. The maximum Gasteiger partial charge on any atom is 0.0409 e. The van der Waals surface area contributed by atoms with E-state index in [-0.39, 0.29) is 0 Å². The van der Waals surface area contributed by atoms with E-state index >= 15 is 0 Å². The Kier molecular flexibility index (Phi) is 2.92. The van der Waals surface area contributed by atoms with Crippen LogP contribution in [0.15, 0.2) is 18.2 Å². The topological polar surface area (TPSA) is 12.0 Å². The minimum absolute atomic E-state index is 0.477. The summed E-state index contributed by atoms with van der Waals surface area (Å²) in [5, 5.41) is 4.47. The summed E-state index contributed by atoms with van der Waals surface area (Å²) in [6.07, 6.45) is 6.64. The molecule has 0 amide bonds. The van der Waals surface area contributed by atoms with E-state index in [9.17, 15) is 0 Å². The third-order valence-electron chi connectivity index (χ3n) is 4.33. The van der Waals surface area contributed by atoms with E-state index < -0.39 is 0 Å². The second kappa shape index (κ2) is 4.29. The average Bonchev–Trinajstić information content (AvgIpc) is 3.21. The molecule has 0 unspecified atom stereocenters. The third kappa shape index (κ3) is 2.36. The first-order chi connectivity index (χ1) is 8.23. The summed E-state index contributed by atoms with van der Waals surface area (Å²) in [6, 6.07) is 7.22. The summed E-state index contributed by atoms with van der Waals surface area (Å²) in [6.45, 7) is 3.29. The van der Waals surface area contributed by atoms with Crippen molar-refractivity contribution in [2.45, 2.75) is 57.0 Å². The Bertz CT molecular complexity index is 419. The molecule has 0 aliphatic heterocycles. The summed E-state index contributed by atoms with van der Waals surface area (Å²) in [4.78, 5) is 0. The molecule has 2 saturated carbocycles. The third-order valence-corrected chi connectivity index (χ3v) is 4.56. The van der Waals surface area contributed by atoms with Crippen LogP contribution in [0, 0.1) is 0 Å². The van der Waals surface area contributed by atoms with Crippen LogP contribution in [0.4, 0.5) is 0 Å². The fourth-order valence-corrected chi connectivity index (χ4v) is 2.93. The number of rotatable bonds is 5. The molecule has 0 saturated heterocycles. The zero-order valence-corrected chi connectivity index (χ0v) is 11.2. The second-order valence-electron chi connectivity index (χ2n) is 5.59. The van der Waals surface area contributed by atoms with Gasteiger partial charge in [0.15, 0.2) is 0 Å². The molecule has 1 aromatic rings. The summed E-state index contributed by atoms with van der Waals surface area (Å²) < 4.78 is 0. The average molecular weight is 250 g/mol. The molecule has 0 spiro atoms. The molecule has 1 aromatic carbocycles. The van der Waals surface area contributed by atoms with Crippen LogP contribution in [0.25, 0.3) is 0 Å². The van der Waals surface area contributed by atoms with Gasteiger partial charge in [0.05, 0.1) is 0 Å². The first kappa shape index (κ1) is 11.6. The van der Waals surface area contributed by atoms with Crippen LogP contribution in [0.1, 0.15) is 50.2 Å². The normalized spacial score (nSPS) is 21.5. The molecular formula is C15H20ClN. The van der Waals surface area contributed by atoms with Crippen LogP contribution in [0.2, 0.25) is 5.02 Å². The molecule has 3 rings (SSSR count). The van der Waals surface area contributed by atoms with Crippen molar-refractivity contribution in [1.29, 1.82) is 0 Å². The monoisotopic (exact) mass is 249 g/mol. The van der Waals surface area contributed by atoms with Gasteiger partial charge in [-0.1, -0.05) is 24.6 Å². The first-order valence-electron chi connectivity index (χ1n) is 6.76. The fourth-order valence-electron chi connectivity index (χ4n) is 2.73. The zero-order chi connectivity index (χ0) is 11.9. The highest BCUT2D eigenvalue weighted by Gasteiger charge is 2.43. The molecule has 0 aromatic heterocycles. The predicted octanol–water partition coefficient (Wildman–Crippen LogP) is 4.03. The van der Waals surface area contributed by atoms with Gasteiger partial charge in [-0.2, -0.15) is 0 Å². The van der Waals surface area contributed by atoms with Crippen molar-refractivity contribution in [3.63, 3.8) is 0 Å². The molecule has 0 bridgehead atoms. The summed E-state index contributed by atoms with van der Waals surface area (Å²) in [7, 11) is 0. The van der Waals surface area contributed by atoms with E-state index in [2.05, 4.69) is 24.4 Å². The summed E-state index contributed by atoms with van der Waals surface area (Å²) in [5.41, 5.74) is 3.44. The molecule has 2 heteroatoms. The lowest BCUT2D eigenvalue weighted by Gasteiger charge is -2.18. The van der Waals surface area contributed by atoms with Crippen molar-refractivity contribution in [3.8, 4) is 0 Å². The highest BCUT2D eigenvalue weighted by Crippen LogP contribution is 2.52. The Labute approximate surface area is 109 Å². The molecule has 92 valence electrons. The highest BCUT2D eigenvalue weighted by molar-refractivity contribution is 6.30. The lowest BCUT2D eigenvalue weighted by atomic mass is 9.89. The van der Waals surface area contributed by atoms with Crippen LogP contribution in [0.5, 0.6) is 0 Å². The second-order valence-corrected chi connectivity index (χ2v) is 6.03. The van der Waals surface area contributed by atoms with Crippen molar-refractivity contribution in [2.75, 3.05) is 0 Å². The van der Waals surface area contributed by atoms with Gasteiger partial charge in [0.1, 0.15) is 0 Å². The first-order valence-corrected chi connectivity index (χ1v) is 7.14. The quantitative estimate of drug-likeness (QED) is 0.831. The molecule has 0 atom stereocenters. The lowest BCUT2D eigenvalue weighted by Crippen LogP contribution is -2.18. The van der Waals surface area contributed by atoms with Crippen LogP contribution in [-0.4, -0.2) is 6.04 Å². The van der Waals surface area contributed by atoms with Crippen molar-refractivity contribution in [2.24, 2.45) is 0 Å². The molecule has 1 N–H and O–H groups in total. The maximum atomic E-state index is 6.13. The standard InChI is InChI=1S/C15H20ClN/c1-2-15(7-8-15)14-6-3-12(16)9-11(14)10-17-13-4-5-13/h3,6,9,13,17H,2,4-5,7-8,10H2,1H3. The summed E-state index contributed by atoms with van der Waals surface area (Å²) in [5.74, 6) is 0. The Balaban J connectivity index is 1.84. The minimum Gasteiger partial charge on any atom is -0.310 e. The fraction of sp³-hybridized carbons (Fsp3) is 0.600. The number of halogens is 1. The van der Waals surface area contributed by atoms with Gasteiger partial charge in [0.25, 0.3) is 0 Å². The van der Waals surface area contributed by atoms with E-state index in [1.165, 1.54) is 43.2 Å².